The Morgan fingerprint density at radius 2 is 2.33 bits per heavy atom. The molecule has 1 spiro atoms. The fraction of sp³-hybridized carbons (Fsp3) is 0.778. The molecule has 84 valence electrons. The third kappa shape index (κ3) is 1.65. The van der Waals surface area contributed by atoms with E-state index in [0.717, 1.165) is 19.5 Å². The lowest BCUT2D eigenvalue weighted by Gasteiger charge is -2.43. The van der Waals surface area contributed by atoms with E-state index >= 15 is 0 Å². The highest BCUT2D eigenvalue weighted by atomic mass is 16.2. The van der Waals surface area contributed by atoms with Gasteiger partial charge in [-0.05, 0) is 13.0 Å². The maximum Gasteiger partial charge on any atom is 0.318 e. The lowest BCUT2D eigenvalue weighted by Crippen LogP contribution is -2.67. The van der Waals surface area contributed by atoms with Crippen molar-refractivity contribution in [2.75, 3.05) is 33.2 Å². The summed E-state index contributed by atoms with van der Waals surface area (Å²) in [4.78, 5) is 24.6. The predicted octanol–water partition coefficient (Wildman–Crippen LogP) is -1.51. The van der Waals surface area contributed by atoms with Crippen molar-refractivity contribution in [1.29, 1.82) is 0 Å². The van der Waals surface area contributed by atoms with Gasteiger partial charge in [-0.3, -0.25) is 4.79 Å². The molecule has 1 atom stereocenters. The van der Waals surface area contributed by atoms with Gasteiger partial charge >= 0.3 is 6.03 Å². The molecular weight excluding hydrogens is 196 g/mol. The van der Waals surface area contributed by atoms with Gasteiger partial charge in [-0.2, -0.15) is 0 Å². The van der Waals surface area contributed by atoms with Gasteiger partial charge in [0.05, 0.1) is 5.54 Å². The molecule has 2 rings (SSSR count). The van der Waals surface area contributed by atoms with Gasteiger partial charge in [0.2, 0.25) is 5.91 Å². The zero-order valence-corrected chi connectivity index (χ0v) is 8.80. The molecule has 15 heavy (non-hydrogen) atoms. The number of urea groups is 1. The molecule has 0 aromatic heterocycles. The predicted molar refractivity (Wildman–Crippen MR) is 54.4 cm³/mol. The van der Waals surface area contributed by atoms with Gasteiger partial charge in [-0.1, -0.05) is 0 Å². The molecule has 0 saturated carbocycles. The van der Waals surface area contributed by atoms with E-state index < -0.39 is 0 Å². The van der Waals surface area contributed by atoms with Crippen molar-refractivity contribution in [1.82, 2.24) is 20.9 Å². The number of piperazine rings is 1. The Labute approximate surface area is 88.4 Å². The van der Waals surface area contributed by atoms with Crippen LogP contribution in [0.3, 0.4) is 0 Å². The van der Waals surface area contributed by atoms with Crippen molar-refractivity contribution < 1.29 is 9.59 Å². The number of carbonyl (C=O) groups excluding carboxylic acids is 2. The minimum absolute atomic E-state index is 0.0869. The van der Waals surface area contributed by atoms with Crippen LogP contribution in [0, 0.1) is 0 Å². The van der Waals surface area contributed by atoms with E-state index in [0.29, 0.717) is 6.54 Å². The first-order valence-electron chi connectivity index (χ1n) is 5.15. The summed E-state index contributed by atoms with van der Waals surface area (Å²) in [6, 6.07) is -0.173. The molecule has 0 aromatic rings. The van der Waals surface area contributed by atoms with Gasteiger partial charge in [-0.15, -0.1) is 0 Å². The molecular formula is C9H16N4O2. The van der Waals surface area contributed by atoms with Crippen molar-refractivity contribution in [2.45, 2.75) is 12.0 Å². The van der Waals surface area contributed by atoms with E-state index in [1.54, 1.807) is 11.9 Å². The zero-order valence-electron chi connectivity index (χ0n) is 8.80. The van der Waals surface area contributed by atoms with E-state index in [2.05, 4.69) is 16.0 Å². The van der Waals surface area contributed by atoms with Crippen LogP contribution in [0.5, 0.6) is 0 Å². The Bertz CT molecular complexity index is 286. The molecule has 2 heterocycles. The third-order valence-electron chi connectivity index (χ3n) is 3.17. The van der Waals surface area contributed by atoms with Crippen LogP contribution in [0.25, 0.3) is 0 Å². The summed E-state index contributed by atoms with van der Waals surface area (Å²) < 4.78 is 0. The Hall–Kier alpha value is -1.30. The highest BCUT2D eigenvalue weighted by Gasteiger charge is 2.45. The highest BCUT2D eigenvalue weighted by Crippen LogP contribution is 2.24. The summed E-state index contributed by atoms with van der Waals surface area (Å²) in [5.74, 6) is -0.0869. The molecule has 1 unspecified atom stereocenters. The van der Waals surface area contributed by atoms with Crippen LogP contribution in [0.15, 0.2) is 0 Å². The minimum atomic E-state index is -0.228. The molecule has 6 nitrogen and oxygen atoms in total. The number of amides is 3. The molecule has 2 aliphatic heterocycles. The first kappa shape index (κ1) is 10.2. The Balaban J connectivity index is 2.20. The summed E-state index contributed by atoms with van der Waals surface area (Å²) >= 11 is 0. The highest BCUT2D eigenvalue weighted by molar-refractivity contribution is 5.86. The van der Waals surface area contributed by atoms with Crippen LogP contribution in [0.1, 0.15) is 6.42 Å². The largest absolute Gasteiger partial charge is 0.352 e. The van der Waals surface area contributed by atoms with Crippen molar-refractivity contribution in [3.8, 4) is 0 Å². The fourth-order valence-corrected chi connectivity index (χ4v) is 2.26. The summed E-state index contributed by atoms with van der Waals surface area (Å²) in [6.07, 6.45) is 0.890. The van der Waals surface area contributed by atoms with E-state index in [9.17, 15) is 9.59 Å². The lowest BCUT2D eigenvalue weighted by molar-refractivity contribution is -0.126. The van der Waals surface area contributed by atoms with Gasteiger partial charge in [-0.25, -0.2) is 4.79 Å². The second kappa shape index (κ2) is 3.69. The molecule has 2 aliphatic rings. The quantitative estimate of drug-likeness (QED) is 0.457. The Kier molecular flexibility index (Phi) is 2.52. The van der Waals surface area contributed by atoms with Crippen molar-refractivity contribution in [2.24, 2.45) is 0 Å². The number of rotatable bonds is 0. The number of nitrogens with one attached hydrogen (secondary N) is 3. The second-order valence-electron chi connectivity index (χ2n) is 4.07. The first-order chi connectivity index (χ1) is 7.18. The molecule has 3 amide bonds. The molecule has 6 heteroatoms. The van der Waals surface area contributed by atoms with Gasteiger partial charge < -0.3 is 20.9 Å². The topological polar surface area (TPSA) is 73.5 Å². The maximum absolute atomic E-state index is 11.7. The van der Waals surface area contributed by atoms with Gasteiger partial charge in [0.25, 0.3) is 0 Å². The molecule has 0 radical (unpaired) electrons. The van der Waals surface area contributed by atoms with E-state index in [1.807, 2.05) is 0 Å². The second-order valence-corrected chi connectivity index (χ2v) is 4.07. The SMILES string of the molecule is CNC(=O)N1CC(=O)NCC12CCNC2. The van der Waals surface area contributed by atoms with E-state index in [4.69, 9.17) is 0 Å². The summed E-state index contributed by atoms with van der Waals surface area (Å²) in [5.41, 5.74) is -0.228. The van der Waals surface area contributed by atoms with E-state index in [1.165, 1.54) is 0 Å². The van der Waals surface area contributed by atoms with Crippen LogP contribution in [-0.4, -0.2) is 55.6 Å². The molecule has 0 bridgehead atoms. The lowest BCUT2D eigenvalue weighted by atomic mass is 9.94. The fourth-order valence-electron chi connectivity index (χ4n) is 2.26. The molecule has 3 N–H and O–H groups in total. The third-order valence-corrected chi connectivity index (χ3v) is 3.17. The molecule has 0 aromatic carbocycles. The Morgan fingerprint density at radius 3 is 2.93 bits per heavy atom. The van der Waals surface area contributed by atoms with Crippen LogP contribution in [0.4, 0.5) is 4.79 Å². The number of hydrogen-bond acceptors (Lipinski definition) is 3. The number of hydrogen-bond donors (Lipinski definition) is 3. The van der Waals surface area contributed by atoms with Gasteiger partial charge in [0.15, 0.2) is 0 Å². The average molecular weight is 212 g/mol. The summed E-state index contributed by atoms with van der Waals surface area (Å²) in [6.45, 7) is 2.34. The average Bonchev–Trinajstić information content (AvgIpc) is 2.70. The summed E-state index contributed by atoms with van der Waals surface area (Å²) in [5, 5.41) is 8.64. The molecule has 2 fully saturated rings. The van der Waals surface area contributed by atoms with Gasteiger partial charge in [0.1, 0.15) is 6.54 Å². The first-order valence-corrected chi connectivity index (χ1v) is 5.15. The molecule has 0 aliphatic carbocycles. The van der Waals surface area contributed by atoms with Gasteiger partial charge in [0, 0.05) is 20.1 Å². The maximum atomic E-state index is 11.7. The molecule has 2 saturated heterocycles. The van der Waals surface area contributed by atoms with Crippen LogP contribution < -0.4 is 16.0 Å². The van der Waals surface area contributed by atoms with Crippen molar-refractivity contribution in [3.05, 3.63) is 0 Å². The normalized spacial score (nSPS) is 30.5. The monoisotopic (exact) mass is 212 g/mol. The zero-order chi connectivity index (χ0) is 10.9. The van der Waals surface area contributed by atoms with Crippen LogP contribution >= 0.6 is 0 Å². The standard InChI is InChI=1S/C9H16N4O2/c1-10-8(15)13-4-7(14)12-6-9(13)2-3-11-5-9/h11H,2-6H2,1H3,(H,10,15)(H,12,14). The number of carbonyl (C=O) groups is 2. The van der Waals surface area contributed by atoms with Crippen molar-refractivity contribution in [3.63, 3.8) is 0 Å². The van der Waals surface area contributed by atoms with Crippen molar-refractivity contribution >= 4 is 11.9 Å². The smallest absolute Gasteiger partial charge is 0.318 e. The van der Waals surface area contributed by atoms with E-state index in [-0.39, 0.29) is 24.0 Å². The Morgan fingerprint density at radius 1 is 1.53 bits per heavy atom. The van der Waals surface area contributed by atoms with Crippen LogP contribution in [0.2, 0.25) is 0 Å². The minimum Gasteiger partial charge on any atom is -0.352 e. The van der Waals surface area contributed by atoms with Crippen LogP contribution in [-0.2, 0) is 4.79 Å². The number of nitrogens with zero attached hydrogens (tertiary/aromatic N) is 1. The summed E-state index contributed by atoms with van der Waals surface area (Å²) in [7, 11) is 1.59.